The van der Waals surface area contributed by atoms with E-state index in [1.807, 2.05) is 0 Å². The van der Waals surface area contributed by atoms with Gasteiger partial charge in [0.2, 0.25) is 10.0 Å². The lowest BCUT2D eigenvalue weighted by atomic mass is 10.2. The summed E-state index contributed by atoms with van der Waals surface area (Å²) in [7, 11) is -7.24. The van der Waals surface area contributed by atoms with E-state index >= 15 is 0 Å². The molecule has 2 rings (SSSR count). The molecule has 0 aliphatic rings. The Bertz CT molecular complexity index is 1120. The first-order valence-corrected chi connectivity index (χ1v) is 12.8. The number of hydrogen-bond acceptors (Lipinski definition) is 5. The molecular formula is C20H25ClN2O5S2. The highest BCUT2D eigenvalue weighted by Crippen LogP contribution is 2.28. The third-order valence-corrected chi connectivity index (χ3v) is 9.28. The molecule has 1 amide bonds. The van der Waals surface area contributed by atoms with Crippen LogP contribution in [-0.2, 0) is 19.9 Å². The normalized spacial score (nSPS) is 12.4. The van der Waals surface area contributed by atoms with E-state index in [0.717, 1.165) is 0 Å². The molecule has 0 saturated carbocycles. The summed E-state index contributed by atoms with van der Waals surface area (Å²) in [6.07, 6.45) is 0. The standard InChI is InChI=1S/C20H25ClN2O5S2/c1-5-23(6-2)30(27,28)19-13-16(9-12-18(19)21)22-20(24)15-7-10-17(11-8-15)29(25,26)14(3)4/h7-14H,5-6H2,1-4H3,(H,22,24). The van der Waals surface area contributed by atoms with E-state index in [2.05, 4.69) is 5.32 Å². The first-order chi connectivity index (χ1) is 13.9. The van der Waals surface area contributed by atoms with Crippen molar-refractivity contribution in [2.45, 2.75) is 42.7 Å². The van der Waals surface area contributed by atoms with Gasteiger partial charge in [0.1, 0.15) is 4.90 Å². The molecule has 0 heterocycles. The minimum atomic E-state index is -3.80. The number of amides is 1. The summed E-state index contributed by atoms with van der Waals surface area (Å²) in [5.74, 6) is -0.503. The van der Waals surface area contributed by atoms with Crippen molar-refractivity contribution in [3.05, 3.63) is 53.1 Å². The molecule has 0 aromatic heterocycles. The maximum atomic E-state index is 12.8. The first kappa shape index (κ1) is 24.3. The molecular weight excluding hydrogens is 448 g/mol. The Morgan fingerprint density at radius 2 is 1.57 bits per heavy atom. The second-order valence-corrected chi connectivity index (χ2v) is 11.6. The summed E-state index contributed by atoms with van der Waals surface area (Å²) in [4.78, 5) is 12.6. The summed E-state index contributed by atoms with van der Waals surface area (Å²) in [5, 5.41) is 2.11. The fourth-order valence-electron chi connectivity index (χ4n) is 2.75. The zero-order valence-corrected chi connectivity index (χ0v) is 19.6. The van der Waals surface area contributed by atoms with Crippen molar-refractivity contribution in [2.24, 2.45) is 0 Å². The number of rotatable bonds is 8. The lowest BCUT2D eigenvalue weighted by Crippen LogP contribution is -2.30. The summed E-state index contributed by atoms with van der Waals surface area (Å²) in [6.45, 7) is 7.20. The largest absolute Gasteiger partial charge is 0.322 e. The minimum absolute atomic E-state index is 0.0585. The third kappa shape index (κ3) is 5.03. The fourth-order valence-corrected chi connectivity index (χ4v) is 5.77. The van der Waals surface area contributed by atoms with Crippen LogP contribution in [0.5, 0.6) is 0 Å². The van der Waals surface area contributed by atoms with Gasteiger partial charge in [0.15, 0.2) is 9.84 Å². The molecule has 1 N–H and O–H groups in total. The Labute approximate surface area is 183 Å². The zero-order valence-electron chi connectivity index (χ0n) is 17.2. The van der Waals surface area contributed by atoms with Gasteiger partial charge in [-0.05, 0) is 56.3 Å². The lowest BCUT2D eigenvalue weighted by Gasteiger charge is -2.19. The third-order valence-electron chi connectivity index (χ3n) is 4.58. The van der Waals surface area contributed by atoms with Crippen molar-refractivity contribution in [3.8, 4) is 0 Å². The van der Waals surface area contributed by atoms with E-state index < -0.39 is 31.0 Å². The van der Waals surface area contributed by atoms with E-state index in [4.69, 9.17) is 11.6 Å². The van der Waals surface area contributed by atoms with Gasteiger partial charge in [0.25, 0.3) is 5.91 Å². The molecule has 0 saturated heterocycles. The van der Waals surface area contributed by atoms with Gasteiger partial charge in [-0.25, -0.2) is 16.8 Å². The smallest absolute Gasteiger partial charge is 0.255 e. The van der Waals surface area contributed by atoms with Crippen molar-refractivity contribution in [3.63, 3.8) is 0 Å². The number of anilines is 1. The highest BCUT2D eigenvalue weighted by atomic mass is 35.5. The number of nitrogens with zero attached hydrogens (tertiary/aromatic N) is 1. The van der Waals surface area contributed by atoms with Gasteiger partial charge in [-0.1, -0.05) is 25.4 Å². The molecule has 0 fully saturated rings. The average molecular weight is 473 g/mol. The molecule has 0 unspecified atom stereocenters. The predicted molar refractivity (Wildman–Crippen MR) is 118 cm³/mol. The summed E-state index contributed by atoms with van der Waals surface area (Å²) < 4.78 is 51.2. The van der Waals surface area contributed by atoms with Gasteiger partial charge in [-0.15, -0.1) is 0 Å². The molecule has 0 bridgehead atoms. The van der Waals surface area contributed by atoms with Crippen LogP contribution in [0.3, 0.4) is 0 Å². The molecule has 0 spiro atoms. The van der Waals surface area contributed by atoms with Crippen LogP contribution in [0, 0.1) is 0 Å². The number of carbonyl (C=O) groups excluding carboxylic acids is 1. The Balaban J connectivity index is 2.30. The maximum absolute atomic E-state index is 12.8. The highest BCUT2D eigenvalue weighted by molar-refractivity contribution is 7.92. The fraction of sp³-hybridized carbons (Fsp3) is 0.350. The van der Waals surface area contributed by atoms with Crippen molar-refractivity contribution in [1.29, 1.82) is 0 Å². The van der Waals surface area contributed by atoms with Gasteiger partial charge in [0, 0.05) is 24.3 Å². The van der Waals surface area contributed by atoms with Gasteiger partial charge in [0.05, 0.1) is 15.2 Å². The predicted octanol–water partition coefficient (Wildman–Crippen LogP) is 3.80. The Hall–Kier alpha value is -1.94. The number of hydrogen-bond donors (Lipinski definition) is 1. The molecule has 2 aromatic carbocycles. The van der Waals surface area contributed by atoms with Crippen molar-refractivity contribution >= 4 is 43.1 Å². The van der Waals surface area contributed by atoms with Crippen LogP contribution in [0.15, 0.2) is 52.3 Å². The van der Waals surface area contributed by atoms with E-state index in [1.165, 1.54) is 46.8 Å². The molecule has 30 heavy (non-hydrogen) atoms. The zero-order chi connectivity index (χ0) is 22.7. The van der Waals surface area contributed by atoms with Gasteiger partial charge < -0.3 is 5.32 Å². The molecule has 0 aliphatic heterocycles. The molecule has 164 valence electrons. The second-order valence-electron chi connectivity index (χ2n) is 6.81. The molecule has 2 aromatic rings. The Morgan fingerprint density at radius 1 is 1.00 bits per heavy atom. The van der Waals surface area contributed by atoms with Crippen LogP contribution in [0.2, 0.25) is 5.02 Å². The van der Waals surface area contributed by atoms with Gasteiger partial charge in [-0.2, -0.15) is 4.31 Å². The Kier molecular flexibility index (Phi) is 7.68. The lowest BCUT2D eigenvalue weighted by molar-refractivity contribution is 0.102. The molecule has 7 nitrogen and oxygen atoms in total. The number of carbonyl (C=O) groups is 1. The van der Waals surface area contributed by atoms with E-state index in [9.17, 15) is 21.6 Å². The number of halogens is 1. The minimum Gasteiger partial charge on any atom is -0.322 e. The summed E-state index contributed by atoms with van der Waals surface area (Å²) >= 11 is 6.10. The van der Waals surface area contributed by atoms with Crippen LogP contribution in [0.1, 0.15) is 38.1 Å². The summed E-state index contributed by atoms with van der Waals surface area (Å²) in [5.41, 5.74) is 0.495. The maximum Gasteiger partial charge on any atom is 0.255 e. The Morgan fingerprint density at radius 3 is 2.07 bits per heavy atom. The van der Waals surface area contributed by atoms with Crippen LogP contribution in [0.25, 0.3) is 0 Å². The van der Waals surface area contributed by atoms with Crippen LogP contribution in [-0.4, -0.2) is 45.4 Å². The SMILES string of the molecule is CCN(CC)S(=O)(=O)c1cc(NC(=O)c2ccc(S(=O)(=O)C(C)C)cc2)ccc1Cl. The van der Waals surface area contributed by atoms with Gasteiger partial charge >= 0.3 is 0 Å². The van der Waals surface area contributed by atoms with Crippen molar-refractivity contribution in [1.82, 2.24) is 4.31 Å². The van der Waals surface area contributed by atoms with Crippen LogP contribution >= 0.6 is 11.6 Å². The van der Waals surface area contributed by atoms with Crippen LogP contribution < -0.4 is 5.32 Å². The summed E-state index contributed by atoms with van der Waals surface area (Å²) in [6, 6.07) is 9.79. The topological polar surface area (TPSA) is 101 Å². The number of benzene rings is 2. The van der Waals surface area contributed by atoms with E-state index in [1.54, 1.807) is 27.7 Å². The second kappa shape index (κ2) is 9.47. The molecule has 0 radical (unpaired) electrons. The first-order valence-electron chi connectivity index (χ1n) is 9.40. The van der Waals surface area contributed by atoms with E-state index in [-0.39, 0.29) is 39.2 Å². The highest BCUT2D eigenvalue weighted by Gasteiger charge is 2.25. The monoisotopic (exact) mass is 472 g/mol. The van der Waals surface area contributed by atoms with Crippen molar-refractivity contribution < 1.29 is 21.6 Å². The number of nitrogens with one attached hydrogen (secondary N) is 1. The molecule has 0 atom stereocenters. The molecule has 10 heteroatoms. The number of sulfonamides is 1. The van der Waals surface area contributed by atoms with E-state index in [0.29, 0.717) is 0 Å². The average Bonchev–Trinajstić information content (AvgIpc) is 2.70. The van der Waals surface area contributed by atoms with Crippen LogP contribution in [0.4, 0.5) is 5.69 Å². The van der Waals surface area contributed by atoms with Crippen molar-refractivity contribution in [2.75, 3.05) is 18.4 Å². The number of sulfone groups is 1. The van der Waals surface area contributed by atoms with Gasteiger partial charge in [-0.3, -0.25) is 4.79 Å². The molecule has 0 aliphatic carbocycles. The quantitative estimate of drug-likeness (QED) is 0.629.